The third-order valence-electron chi connectivity index (χ3n) is 6.38. The van der Waals surface area contributed by atoms with E-state index in [2.05, 4.69) is 21.7 Å². The monoisotopic (exact) mass is 417 g/mol. The molecule has 6 heteroatoms. The van der Waals surface area contributed by atoms with Crippen LogP contribution in [0.15, 0.2) is 48.7 Å². The fraction of sp³-hybridized carbons (Fsp3) is 0.360. The summed E-state index contributed by atoms with van der Waals surface area (Å²) in [5, 5.41) is 7.68. The van der Waals surface area contributed by atoms with Gasteiger partial charge in [-0.15, -0.1) is 0 Å². The molecule has 1 atom stereocenters. The predicted molar refractivity (Wildman–Crippen MR) is 120 cm³/mol. The van der Waals surface area contributed by atoms with Crippen molar-refractivity contribution in [1.82, 2.24) is 15.6 Å². The number of hydrogen-bond acceptors (Lipinski definition) is 5. The topological polar surface area (TPSA) is 72.5 Å². The normalized spacial score (nSPS) is 18.8. The van der Waals surface area contributed by atoms with Crippen LogP contribution in [-0.2, 0) is 5.54 Å². The maximum Gasteiger partial charge on any atom is 0.252 e. The van der Waals surface area contributed by atoms with Gasteiger partial charge in [-0.2, -0.15) is 0 Å². The van der Waals surface area contributed by atoms with Gasteiger partial charge in [0.05, 0.1) is 18.2 Å². The van der Waals surface area contributed by atoms with Crippen LogP contribution in [-0.4, -0.2) is 37.2 Å². The number of ether oxygens (including phenoxy) is 2. The molecule has 2 aliphatic rings. The summed E-state index contributed by atoms with van der Waals surface area (Å²) < 4.78 is 11.4. The first kappa shape index (κ1) is 19.8. The van der Waals surface area contributed by atoms with E-state index in [0.29, 0.717) is 18.2 Å². The SMILES string of the molecule is COc1cc(C2(NC(=O)c3cc(OC[C@@H]4CCN4)ccc3C)CC2)c2cccnc2c1. The Hall–Kier alpha value is -3.12. The highest BCUT2D eigenvalue weighted by Gasteiger charge is 2.47. The number of nitrogens with zero attached hydrogens (tertiary/aromatic N) is 1. The molecule has 1 saturated carbocycles. The molecule has 2 N–H and O–H groups in total. The molecular formula is C25H27N3O3. The standard InChI is InChI=1S/C25H27N3O3/c1-16-5-6-18(31-15-17-7-11-26-17)12-21(16)24(29)28-25(8-9-25)22-13-19(30-2)14-23-20(22)4-3-10-27-23/h3-6,10,12-14,17,26H,7-9,11,15H2,1-2H3,(H,28,29)/t17-/m0/s1. The average Bonchev–Trinajstić information content (AvgIpc) is 3.53. The highest BCUT2D eigenvalue weighted by molar-refractivity contribution is 5.97. The number of carbonyl (C=O) groups excluding carboxylic acids is 1. The summed E-state index contributed by atoms with van der Waals surface area (Å²) in [6.07, 6.45) is 4.68. The minimum absolute atomic E-state index is 0.0814. The quantitative estimate of drug-likeness (QED) is 0.613. The Bertz CT molecular complexity index is 1140. The van der Waals surface area contributed by atoms with Crippen LogP contribution in [0.2, 0.25) is 0 Å². The summed E-state index contributed by atoms with van der Waals surface area (Å²) in [6.45, 7) is 3.62. The number of fused-ring (bicyclic) bond motifs is 1. The Morgan fingerprint density at radius 3 is 2.77 bits per heavy atom. The first-order chi connectivity index (χ1) is 15.1. The van der Waals surface area contributed by atoms with Crippen molar-refractivity contribution in [3.05, 3.63) is 65.4 Å². The van der Waals surface area contributed by atoms with Crippen molar-refractivity contribution in [3.8, 4) is 11.5 Å². The molecular weight excluding hydrogens is 390 g/mol. The van der Waals surface area contributed by atoms with Gasteiger partial charge in [-0.3, -0.25) is 9.78 Å². The van der Waals surface area contributed by atoms with E-state index < -0.39 is 5.54 Å². The fourth-order valence-electron chi connectivity index (χ4n) is 4.16. The second-order valence-electron chi connectivity index (χ2n) is 8.51. The number of nitrogens with one attached hydrogen (secondary N) is 2. The lowest BCUT2D eigenvalue weighted by Crippen LogP contribution is -2.46. The highest BCUT2D eigenvalue weighted by Crippen LogP contribution is 2.49. The van der Waals surface area contributed by atoms with Gasteiger partial charge in [-0.05, 0) is 68.1 Å². The third kappa shape index (κ3) is 3.83. The lowest BCUT2D eigenvalue weighted by molar-refractivity contribution is 0.0930. The first-order valence-corrected chi connectivity index (χ1v) is 10.8. The number of aromatic nitrogens is 1. The van der Waals surface area contributed by atoms with Gasteiger partial charge in [0, 0.05) is 29.3 Å². The van der Waals surface area contributed by atoms with Gasteiger partial charge in [0.2, 0.25) is 0 Å². The molecule has 160 valence electrons. The number of benzene rings is 2. The Morgan fingerprint density at radius 1 is 1.23 bits per heavy atom. The summed E-state index contributed by atoms with van der Waals surface area (Å²) in [5.74, 6) is 1.39. The molecule has 1 aliphatic carbocycles. The van der Waals surface area contributed by atoms with E-state index in [1.165, 1.54) is 0 Å². The number of pyridine rings is 1. The minimum atomic E-state index is -0.397. The molecule has 0 radical (unpaired) electrons. The number of hydrogen-bond donors (Lipinski definition) is 2. The molecule has 1 saturated heterocycles. The van der Waals surface area contributed by atoms with Crippen molar-refractivity contribution >= 4 is 16.8 Å². The molecule has 1 amide bonds. The number of carbonyl (C=O) groups is 1. The smallest absolute Gasteiger partial charge is 0.252 e. The minimum Gasteiger partial charge on any atom is -0.497 e. The fourth-order valence-corrected chi connectivity index (χ4v) is 4.16. The van der Waals surface area contributed by atoms with Crippen LogP contribution in [0.4, 0.5) is 0 Å². The molecule has 1 aliphatic heterocycles. The van der Waals surface area contributed by atoms with Crippen LogP contribution >= 0.6 is 0 Å². The van der Waals surface area contributed by atoms with E-state index in [9.17, 15) is 4.79 Å². The van der Waals surface area contributed by atoms with Crippen molar-refractivity contribution in [3.63, 3.8) is 0 Å². The van der Waals surface area contributed by atoms with E-state index >= 15 is 0 Å². The van der Waals surface area contributed by atoms with Crippen molar-refractivity contribution in [2.45, 2.75) is 37.8 Å². The first-order valence-electron chi connectivity index (χ1n) is 10.8. The second kappa shape index (κ2) is 7.85. The number of rotatable bonds is 7. The van der Waals surface area contributed by atoms with E-state index in [-0.39, 0.29) is 5.91 Å². The Balaban J connectivity index is 1.41. The van der Waals surface area contributed by atoms with Crippen molar-refractivity contribution in [2.75, 3.05) is 20.3 Å². The zero-order valence-corrected chi connectivity index (χ0v) is 17.9. The predicted octanol–water partition coefficient (Wildman–Crippen LogP) is 3.71. The molecule has 3 aromatic rings. The largest absolute Gasteiger partial charge is 0.497 e. The molecule has 1 aromatic heterocycles. The molecule has 31 heavy (non-hydrogen) atoms. The van der Waals surface area contributed by atoms with Gasteiger partial charge in [-0.25, -0.2) is 0 Å². The van der Waals surface area contributed by atoms with Crippen LogP contribution < -0.4 is 20.1 Å². The maximum absolute atomic E-state index is 13.3. The van der Waals surface area contributed by atoms with Crippen LogP contribution in [0.25, 0.3) is 10.9 Å². The van der Waals surface area contributed by atoms with Crippen molar-refractivity contribution < 1.29 is 14.3 Å². The lowest BCUT2D eigenvalue weighted by Gasteiger charge is -2.27. The van der Waals surface area contributed by atoms with Crippen LogP contribution in [0.1, 0.15) is 40.7 Å². The zero-order chi connectivity index (χ0) is 21.4. The van der Waals surface area contributed by atoms with Gasteiger partial charge < -0.3 is 20.1 Å². The zero-order valence-electron chi connectivity index (χ0n) is 17.9. The molecule has 2 fully saturated rings. The highest BCUT2D eigenvalue weighted by atomic mass is 16.5. The number of methoxy groups -OCH3 is 1. The summed E-state index contributed by atoms with van der Waals surface area (Å²) in [4.78, 5) is 17.8. The Labute approximate surface area is 182 Å². The number of amides is 1. The number of aryl methyl sites for hydroxylation is 1. The molecule has 2 aromatic carbocycles. The van der Waals surface area contributed by atoms with E-state index in [1.807, 2.05) is 43.3 Å². The average molecular weight is 418 g/mol. The molecule has 0 spiro atoms. The van der Waals surface area contributed by atoms with Gasteiger partial charge in [0.1, 0.15) is 18.1 Å². The van der Waals surface area contributed by atoms with Crippen molar-refractivity contribution in [2.24, 2.45) is 0 Å². The Kier molecular flexibility index (Phi) is 5.02. The van der Waals surface area contributed by atoms with E-state index in [1.54, 1.807) is 13.3 Å². The lowest BCUT2D eigenvalue weighted by atomic mass is 9.97. The maximum atomic E-state index is 13.3. The molecule has 5 rings (SSSR count). The summed E-state index contributed by atoms with van der Waals surface area (Å²) in [7, 11) is 1.65. The summed E-state index contributed by atoms with van der Waals surface area (Å²) >= 11 is 0. The molecule has 0 unspecified atom stereocenters. The Morgan fingerprint density at radius 2 is 2.06 bits per heavy atom. The molecule has 0 bridgehead atoms. The second-order valence-corrected chi connectivity index (χ2v) is 8.51. The summed E-state index contributed by atoms with van der Waals surface area (Å²) in [6, 6.07) is 14.1. The van der Waals surface area contributed by atoms with Crippen LogP contribution in [0.5, 0.6) is 11.5 Å². The van der Waals surface area contributed by atoms with E-state index in [4.69, 9.17) is 9.47 Å². The third-order valence-corrected chi connectivity index (χ3v) is 6.38. The van der Waals surface area contributed by atoms with Crippen LogP contribution in [0, 0.1) is 6.92 Å². The van der Waals surface area contributed by atoms with Gasteiger partial charge >= 0.3 is 0 Å². The molecule has 2 heterocycles. The van der Waals surface area contributed by atoms with Crippen molar-refractivity contribution in [1.29, 1.82) is 0 Å². The van der Waals surface area contributed by atoms with Gasteiger partial charge in [0.15, 0.2) is 0 Å². The van der Waals surface area contributed by atoms with Gasteiger partial charge in [0.25, 0.3) is 5.91 Å². The summed E-state index contributed by atoms with van der Waals surface area (Å²) in [5.41, 5.74) is 3.11. The van der Waals surface area contributed by atoms with E-state index in [0.717, 1.165) is 59.3 Å². The van der Waals surface area contributed by atoms with Crippen LogP contribution in [0.3, 0.4) is 0 Å². The molecule has 6 nitrogen and oxygen atoms in total. The van der Waals surface area contributed by atoms with Gasteiger partial charge in [-0.1, -0.05) is 12.1 Å².